The minimum atomic E-state index is -2.34. The van der Waals surface area contributed by atoms with Crippen molar-refractivity contribution in [2.45, 2.75) is 49.7 Å². The molecule has 0 radical (unpaired) electrons. The molecule has 0 aromatic heterocycles. The van der Waals surface area contributed by atoms with Crippen LogP contribution in [0.3, 0.4) is 0 Å². The Morgan fingerprint density at radius 1 is 1.38 bits per heavy atom. The summed E-state index contributed by atoms with van der Waals surface area (Å²) < 4.78 is 18.7. The van der Waals surface area contributed by atoms with Crippen LogP contribution in [0.2, 0.25) is 0 Å². The van der Waals surface area contributed by atoms with E-state index in [2.05, 4.69) is 5.32 Å². The molecular formula is C11H18FNO8. The molecule has 6 N–H and O–H groups in total. The molecule has 1 aliphatic rings. The number of aliphatic hydroxyl groups is 4. The molecule has 0 bridgehead atoms. The molecule has 0 unspecified atom stereocenters. The van der Waals surface area contributed by atoms with E-state index in [0.29, 0.717) is 0 Å². The second kappa shape index (κ2) is 7.09. The van der Waals surface area contributed by atoms with Crippen LogP contribution in [0.4, 0.5) is 4.39 Å². The highest BCUT2D eigenvalue weighted by Crippen LogP contribution is 2.27. The van der Waals surface area contributed by atoms with Gasteiger partial charge in [-0.05, 0) is 0 Å². The van der Waals surface area contributed by atoms with Gasteiger partial charge in [-0.3, -0.25) is 4.79 Å². The number of carboxylic acids is 1. The van der Waals surface area contributed by atoms with Crippen molar-refractivity contribution >= 4 is 11.9 Å². The van der Waals surface area contributed by atoms with Crippen LogP contribution in [0.1, 0.15) is 6.92 Å². The number of ether oxygens (including phenoxy) is 1. The monoisotopic (exact) mass is 311 g/mol. The van der Waals surface area contributed by atoms with Crippen molar-refractivity contribution in [3.8, 4) is 0 Å². The number of rotatable bonds is 5. The summed E-state index contributed by atoms with van der Waals surface area (Å²) in [6.07, 6.45) is -11.5. The van der Waals surface area contributed by atoms with Gasteiger partial charge < -0.3 is 35.6 Å². The number of nitrogens with one attached hydrogen (secondary N) is 1. The zero-order chi connectivity index (χ0) is 16.3. The molecule has 0 aromatic rings. The lowest BCUT2D eigenvalue weighted by molar-refractivity contribution is -0.215. The van der Waals surface area contributed by atoms with Gasteiger partial charge >= 0.3 is 5.97 Å². The number of hydrogen-bond donors (Lipinski definition) is 6. The number of alkyl halides is 1. The second-order valence-electron chi connectivity index (χ2n) is 4.76. The smallest absolute Gasteiger partial charge is 0.336 e. The lowest BCUT2D eigenvalue weighted by Gasteiger charge is -2.43. The first-order valence-corrected chi connectivity index (χ1v) is 6.15. The number of halogens is 1. The molecule has 0 spiro atoms. The first-order chi connectivity index (χ1) is 9.70. The Hall–Kier alpha value is -1.33. The lowest BCUT2D eigenvalue weighted by atomic mass is 9.89. The van der Waals surface area contributed by atoms with Crippen molar-refractivity contribution in [2.75, 3.05) is 6.61 Å². The van der Waals surface area contributed by atoms with Crippen molar-refractivity contribution < 1.29 is 44.2 Å². The summed E-state index contributed by atoms with van der Waals surface area (Å²) in [5.41, 5.74) is 0. The van der Waals surface area contributed by atoms with Crippen LogP contribution < -0.4 is 5.32 Å². The predicted octanol–water partition coefficient (Wildman–Crippen LogP) is -3.24. The summed E-state index contributed by atoms with van der Waals surface area (Å²) in [4.78, 5) is 22.0. The van der Waals surface area contributed by atoms with E-state index in [4.69, 9.17) is 14.9 Å². The van der Waals surface area contributed by atoms with Gasteiger partial charge in [0.05, 0.1) is 12.6 Å². The highest BCUT2D eigenvalue weighted by molar-refractivity contribution is 5.75. The quantitative estimate of drug-likeness (QED) is 0.309. The van der Waals surface area contributed by atoms with Crippen LogP contribution in [0.5, 0.6) is 0 Å². The minimum Gasteiger partial charge on any atom is -0.479 e. The normalized spacial score (nSPS) is 35.8. The fourth-order valence-corrected chi connectivity index (χ4v) is 2.12. The first-order valence-electron chi connectivity index (χ1n) is 6.15. The fraction of sp³-hybridized carbons (Fsp3) is 0.818. The Labute approximate surface area is 119 Å². The maximum absolute atomic E-state index is 13.8. The number of aliphatic carboxylic acids is 1. The maximum Gasteiger partial charge on any atom is 0.336 e. The standard InChI is InChI=1S/C11H18FNO8/c1-3(15)13-6-8(18)5(12)9(11(19)20)21-10(6)7(17)4(16)2-14/h4-10,14,16-18H,2H2,1H3,(H,13,15)(H,19,20)/t4-,5+,6-,7+,8+,9+,10+/m0/s1. The molecule has 9 nitrogen and oxygen atoms in total. The van der Waals surface area contributed by atoms with E-state index in [1.54, 1.807) is 0 Å². The number of aliphatic hydroxyl groups excluding tert-OH is 4. The molecule has 21 heavy (non-hydrogen) atoms. The van der Waals surface area contributed by atoms with Gasteiger partial charge in [-0.1, -0.05) is 0 Å². The second-order valence-corrected chi connectivity index (χ2v) is 4.76. The van der Waals surface area contributed by atoms with E-state index in [-0.39, 0.29) is 0 Å². The van der Waals surface area contributed by atoms with Gasteiger partial charge in [0.25, 0.3) is 0 Å². The Balaban J connectivity index is 3.06. The van der Waals surface area contributed by atoms with Gasteiger partial charge in [0.2, 0.25) is 5.91 Å². The molecule has 0 aliphatic carbocycles. The van der Waals surface area contributed by atoms with Crippen molar-refractivity contribution in [1.82, 2.24) is 5.32 Å². The third-order valence-electron chi connectivity index (χ3n) is 3.17. The Bertz CT molecular complexity index is 394. The van der Waals surface area contributed by atoms with E-state index >= 15 is 0 Å². The highest BCUT2D eigenvalue weighted by Gasteiger charge is 2.52. The van der Waals surface area contributed by atoms with Gasteiger partial charge in [-0.15, -0.1) is 0 Å². The van der Waals surface area contributed by atoms with Crippen LogP contribution in [0.25, 0.3) is 0 Å². The molecule has 0 aromatic carbocycles. The number of hydrogen-bond acceptors (Lipinski definition) is 7. The molecule has 1 fully saturated rings. The SMILES string of the molecule is CC(=O)N[C@H]1[C@H](O)[C@@H](F)[C@H](C(=O)O)O[C@H]1[C@H](O)[C@@H](O)CO. The minimum absolute atomic E-state index is 0.681. The molecule has 1 amide bonds. The Morgan fingerprint density at radius 2 is 1.95 bits per heavy atom. The average Bonchev–Trinajstić information content (AvgIpc) is 2.41. The van der Waals surface area contributed by atoms with Gasteiger partial charge in [0.1, 0.15) is 24.4 Å². The fourth-order valence-electron chi connectivity index (χ4n) is 2.12. The third kappa shape index (κ3) is 3.86. The molecular weight excluding hydrogens is 293 g/mol. The average molecular weight is 311 g/mol. The number of carboxylic acid groups (broad SMARTS) is 1. The van der Waals surface area contributed by atoms with E-state index in [9.17, 15) is 29.3 Å². The van der Waals surface area contributed by atoms with Crippen molar-refractivity contribution in [2.24, 2.45) is 0 Å². The van der Waals surface area contributed by atoms with E-state index < -0.39 is 61.2 Å². The summed E-state index contributed by atoms with van der Waals surface area (Å²) >= 11 is 0. The molecule has 7 atom stereocenters. The zero-order valence-corrected chi connectivity index (χ0v) is 11.1. The van der Waals surface area contributed by atoms with E-state index in [1.807, 2.05) is 0 Å². The first kappa shape index (κ1) is 17.7. The number of carbonyl (C=O) groups excluding carboxylic acids is 1. The Morgan fingerprint density at radius 3 is 2.38 bits per heavy atom. The van der Waals surface area contributed by atoms with Gasteiger partial charge in [0, 0.05) is 6.92 Å². The highest BCUT2D eigenvalue weighted by atomic mass is 19.1. The zero-order valence-electron chi connectivity index (χ0n) is 11.1. The lowest BCUT2D eigenvalue weighted by Crippen LogP contribution is -2.67. The van der Waals surface area contributed by atoms with Crippen LogP contribution >= 0.6 is 0 Å². The van der Waals surface area contributed by atoms with Crippen molar-refractivity contribution in [3.63, 3.8) is 0 Å². The predicted molar refractivity (Wildman–Crippen MR) is 63.9 cm³/mol. The number of amides is 1. The topological polar surface area (TPSA) is 157 Å². The maximum atomic E-state index is 13.8. The van der Waals surface area contributed by atoms with Gasteiger partial charge in [-0.25, -0.2) is 9.18 Å². The molecule has 122 valence electrons. The molecule has 1 heterocycles. The molecule has 1 saturated heterocycles. The van der Waals surface area contributed by atoms with Crippen LogP contribution in [0, 0.1) is 0 Å². The summed E-state index contributed by atoms with van der Waals surface area (Å²) in [5.74, 6) is -2.39. The summed E-state index contributed by atoms with van der Waals surface area (Å²) in [7, 11) is 0. The molecule has 1 aliphatic heterocycles. The van der Waals surface area contributed by atoms with Gasteiger partial charge in [-0.2, -0.15) is 0 Å². The number of carbonyl (C=O) groups is 2. The third-order valence-corrected chi connectivity index (χ3v) is 3.17. The van der Waals surface area contributed by atoms with Crippen LogP contribution in [-0.2, 0) is 14.3 Å². The van der Waals surface area contributed by atoms with Crippen LogP contribution in [0.15, 0.2) is 0 Å². The molecule has 1 rings (SSSR count). The van der Waals surface area contributed by atoms with E-state index in [0.717, 1.165) is 6.92 Å². The molecule has 0 saturated carbocycles. The van der Waals surface area contributed by atoms with Gasteiger partial charge in [0.15, 0.2) is 12.3 Å². The summed E-state index contributed by atoms with van der Waals surface area (Å²) in [5, 5.41) is 48.8. The largest absolute Gasteiger partial charge is 0.479 e. The Kier molecular flexibility index (Phi) is 5.98. The summed E-state index contributed by atoms with van der Waals surface area (Å²) in [6, 6.07) is -1.48. The molecule has 10 heteroatoms. The van der Waals surface area contributed by atoms with Crippen molar-refractivity contribution in [3.05, 3.63) is 0 Å². The van der Waals surface area contributed by atoms with E-state index in [1.165, 1.54) is 0 Å². The van der Waals surface area contributed by atoms with Crippen molar-refractivity contribution in [1.29, 1.82) is 0 Å². The van der Waals surface area contributed by atoms with Crippen LogP contribution in [-0.4, -0.2) is 86.7 Å². The summed E-state index contributed by atoms with van der Waals surface area (Å²) in [6.45, 7) is 0.190.